The van der Waals surface area contributed by atoms with E-state index < -0.39 is 18.3 Å². The van der Waals surface area contributed by atoms with Gasteiger partial charge in [-0.2, -0.15) is 0 Å². The third-order valence-corrected chi connectivity index (χ3v) is 6.26. The largest absolute Gasteiger partial charge is 0.466 e. The van der Waals surface area contributed by atoms with Crippen LogP contribution >= 0.6 is 0 Å². The average molecular weight is 433 g/mol. The van der Waals surface area contributed by atoms with Gasteiger partial charge in [-0.15, -0.1) is 0 Å². The number of aliphatic hydroxyl groups is 3. The van der Waals surface area contributed by atoms with Crippen LogP contribution in [0.5, 0.6) is 0 Å². The molecule has 0 bridgehead atoms. The molecule has 0 unspecified atom stereocenters. The first-order valence-electron chi connectivity index (χ1n) is 11.9. The second-order valence-electron chi connectivity index (χ2n) is 8.77. The first-order chi connectivity index (χ1) is 15.0. The number of hydrogen-bond donors (Lipinski definition) is 3. The Morgan fingerprint density at radius 3 is 2.61 bits per heavy atom. The third kappa shape index (κ3) is 9.55. The van der Waals surface area contributed by atoms with Gasteiger partial charge in [0.25, 0.3) is 0 Å². The van der Waals surface area contributed by atoms with E-state index in [-0.39, 0.29) is 17.8 Å². The summed E-state index contributed by atoms with van der Waals surface area (Å²) in [5, 5.41) is 31.2. The number of esters is 1. The maximum Gasteiger partial charge on any atom is 0.305 e. The van der Waals surface area contributed by atoms with Crippen LogP contribution in [0.3, 0.4) is 0 Å². The summed E-state index contributed by atoms with van der Waals surface area (Å²) in [6, 6.07) is 10.1. The Hall–Kier alpha value is -1.69. The number of aryl methyl sites for hydroxylation is 1. The van der Waals surface area contributed by atoms with E-state index in [1.807, 2.05) is 25.1 Å². The number of hydrogen-bond acceptors (Lipinski definition) is 5. The van der Waals surface area contributed by atoms with Crippen molar-refractivity contribution in [3.8, 4) is 0 Å². The molecule has 0 spiro atoms. The van der Waals surface area contributed by atoms with Crippen LogP contribution in [0.1, 0.15) is 70.3 Å². The van der Waals surface area contributed by atoms with Crippen LogP contribution in [0.15, 0.2) is 42.5 Å². The van der Waals surface area contributed by atoms with Gasteiger partial charge in [-0.3, -0.25) is 4.79 Å². The summed E-state index contributed by atoms with van der Waals surface area (Å²) >= 11 is 0. The zero-order valence-corrected chi connectivity index (χ0v) is 18.9. The van der Waals surface area contributed by atoms with Gasteiger partial charge >= 0.3 is 5.97 Å². The van der Waals surface area contributed by atoms with Crippen molar-refractivity contribution in [2.75, 3.05) is 6.61 Å². The topological polar surface area (TPSA) is 87.0 Å². The number of rotatable bonds is 14. The molecule has 31 heavy (non-hydrogen) atoms. The highest BCUT2D eigenvalue weighted by atomic mass is 16.5. The van der Waals surface area contributed by atoms with Gasteiger partial charge in [-0.1, -0.05) is 49.4 Å². The van der Waals surface area contributed by atoms with Crippen molar-refractivity contribution in [1.82, 2.24) is 0 Å². The summed E-state index contributed by atoms with van der Waals surface area (Å²) < 4.78 is 5.06. The molecule has 0 aliphatic heterocycles. The number of unbranched alkanes of at least 4 members (excludes halogenated alkanes) is 1. The molecule has 1 aromatic carbocycles. The van der Waals surface area contributed by atoms with Gasteiger partial charge in [0.15, 0.2) is 0 Å². The maximum absolute atomic E-state index is 11.5. The third-order valence-electron chi connectivity index (χ3n) is 6.26. The molecule has 1 aliphatic carbocycles. The smallest absolute Gasteiger partial charge is 0.305 e. The quantitative estimate of drug-likeness (QED) is 0.233. The number of aliphatic hydroxyl groups excluding tert-OH is 3. The lowest BCUT2D eigenvalue weighted by atomic mass is 9.85. The normalized spacial score (nSPS) is 24.5. The standard InChI is InChI=1S/C26H40O5/c1-2-18-31-26(30)13-9-4-3-8-12-22-23(25(29)19-24(22)28)17-16-21(27)15-14-20-10-6-5-7-11-20/h3,5-8,10-11,21-25,27-29H,2,4,9,12-19H2,1H3/t21-,22+,23+,24-,25+/m0/s1. The van der Waals surface area contributed by atoms with E-state index in [1.165, 1.54) is 5.56 Å². The molecule has 2 rings (SSSR count). The van der Waals surface area contributed by atoms with Gasteiger partial charge in [0.2, 0.25) is 0 Å². The molecule has 0 saturated heterocycles. The number of carbonyl (C=O) groups is 1. The molecule has 1 aliphatic rings. The summed E-state index contributed by atoms with van der Waals surface area (Å²) in [4.78, 5) is 11.5. The van der Waals surface area contributed by atoms with Gasteiger partial charge in [0.1, 0.15) is 0 Å². The number of ether oxygens (including phenoxy) is 1. The second-order valence-corrected chi connectivity index (χ2v) is 8.77. The van der Waals surface area contributed by atoms with Crippen LogP contribution in [-0.4, -0.2) is 46.2 Å². The molecule has 1 aromatic rings. The Kier molecular flexibility index (Phi) is 11.9. The molecule has 5 nitrogen and oxygen atoms in total. The first kappa shape index (κ1) is 25.6. The summed E-state index contributed by atoms with van der Waals surface area (Å²) in [6.45, 7) is 2.46. The molecule has 0 amide bonds. The SMILES string of the molecule is CCCOC(=O)CCCC=CC[C@@H]1[C@@H](CC[C@@H](O)CCc2ccccc2)[C@H](O)C[C@@H]1O. The molecule has 1 saturated carbocycles. The Balaban J connectivity index is 1.69. The lowest BCUT2D eigenvalue weighted by molar-refractivity contribution is -0.143. The average Bonchev–Trinajstić information content (AvgIpc) is 3.04. The minimum atomic E-state index is -0.511. The Bertz CT molecular complexity index is 644. The highest BCUT2D eigenvalue weighted by Crippen LogP contribution is 2.38. The van der Waals surface area contributed by atoms with E-state index in [2.05, 4.69) is 24.3 Å². The molecule has 174 valence electrons. The number of benzene rings is 1. The molecule has 5 atom stereocenters. The Morgan fingerprint density at radius 2 is 1.87 bits per heavy atom. The van der Waals surface area contributed by atoms with Crippen molar-refractivity contribution >= 4 is 5.97 Å². The zero-order valence-electron chi connectivity index (χ0n) is 18.9. The van der Waals surface area contributed by atoms with Gasteiger partial charge in [-0.05, 0) is 75.2 Å². The molecular formula is C26H40O5. The highest BCUT2D eigenvalue weighted by molar-refractivity contribution is 5.69. The van der Waals surface area contributed by atoms with Crippen molar-refractivity contribution in [3.63, 3.8) is 0 Å². The fourth-order valence-corrected chi connectivity index (χ4v) is 4.44. The van der Waals surface area contributed by atoms with Gasteiger partial charge in [0.05, 0.1) is 24.9 Å². The van der Waals surface area contributed by atoms with Gasteiger partial charge < -0.3 is 20.1 Å². The van der Waals surface area contributed by atoms with E-state index in [0.29, 0.717) is 38.7 Å². The minimum absolute atomic E-state index is 0.00930. The fourth-order valence-electron chi connectivity index (χ4n) is 4.44. The van der Waals surface area contributed by atoms with Crippen LogP contribution < -0.4 is 0 Å². The van der Waals surface area contributed by atoms with Crippen LogP contribution in [0.2, 0.25) is 0 Å². The maximum atomic E-state index is 11.5. The summed E-state index contributed by atoms with van der Waals surface area (Å²) in [5.41, 5.74) is 1.22. The van der Waals surface area contributed by atoms with Crippen molar-refractivity contribution in [3.05, 3.63) is 48.0 Å². The van der Waals surface area contributed by atoms with Gasteiger partial charge in [0, 0.05) is 6.42 Å². The number of carbonyl (C=O) groups excluding carboxylic acids is 1. The highest BCUT2D eigenvalue weighted by Gasteiger charge is 2.40. The first-order valence-corrected chi connectivity index (χ1v) is 11.9. The van der Waals surface area contributed by atoms with Crippen molar-refractivity contribution < 1.29 is 24.9 Å². The predicted octanol–water partition coefficient (Wildman–Crippen LogP) is 4.19. The molecule has 1 fully saturated rings. The predicted molar refractivity (Wildman–Crippen MR) is 122 cm³/mol. The van der Waals surface area contributed by atoms with Crippen molar-refractivity contribution in [2.24, 2.45) is 11.8 Å². The van der Waals surface area contributed by atoms with Crippen LogP contribution in [0, 0.1) is 11.8 Å². The van der Waals surface area contributed by atoms with E-state index >= 15 is 0 Å². The second kappa shape index (κ2) is 14.4. The minimum Gasteiger partial charge on any atom is -0.466 e. The molecular weight excluding hydrogens is 392 g/mol. The van der Waals surface area contributed by atoms with Crippen LogP contribution in [-0.2, 0) is 16.0 Å². The monoisotopic (exact) mass is 432 g/mol. The van der Waals surface area contributed by atoms with Crippen molar-refractivity contribution in [2.45, 2.75) is 89.4 Å². The lowest BCUT2D eigenvalue weighted by Gasteiger charge is -2.23. The summed E-state index contributed by atoms with van der Waals surface area (Å²) in [7, 11) is 0. The van der Waals surface area contributed by atoms with E-state index in [9.17, 15) is 20.1 Å². The lowest BCUT2D eigenvalue weighted by Crippen LogP contribution is -2.23. The molecule has 0 aromatic heterocycles. The van der Waals surface area contributed by atoms with E-state index in [4.69, 9.17) is 4.74 Å². The fraction of sp³-hybridized carbons (Fsp3) is 0.654. The molecule has 3 N–H and O–H groups in total. The van der Waals surface area contributed by atoms with E-state index in [1.54, 1.807) is 0 Å². The summed E-state index contributed by atoms with van der Waals surface area (Å²) in [6.07, 6.45) is 9.56. The van der Waals surface area contributed by atoms with Gasteiger partial charge in [-0.25, -0.2) is 0 Å². The van der Waals surface area contributed by atoms with Crippen LogP contribution in [0.4, 0.5) is 0 Å². The molecule has 0 radical (unpaired) electrons. The number of allylic oxidation sites excluding steroid dienone is 2. The Labute approximate surface area is 187 Å². The van der Waals surface area contributed by atoms with Crippen LogP contribution in [0.25, 0.3) is 0 Å². The zero-order chi connectivity index (χ0) is 22.5. The van der Waals surface area contributed by atoms with Crippen molar-refractivity contribution in [1.29, 1.82) is 0 Å². The molecule has 5 heteroatoms. The Morgan fingerprint density at radius 1 is 1.13 bits per heavy atom. The molecule has 0 heterocycles. The van der Waals surface area contributed by atoms with E-state index in [0.717, 1.165) is 32.1 Å². The summed E-state index contributed by atoms with van der Waals surface area (Å²) in [5.74, 6) is -0.118.